The summed E-state index contributed by atoms with van der Waals surface area (Å²) < 4.78 is 0. The van der Waals surface area contributed by atoms with Crippen LogP contribution in [0.4, 0.5) is 5.82 Å². The summed E-state index contributed by atoms with van der Waals surface area (Å²) in [6.45, 7) is 2.79. The maximum atomic E-state index is 13.4. The first-order valence-corrected chi connectivity index (χ1v) is 12.7. The number of aromatic nitrogens is 2. The van der Waals surface area contributed by atoms with Crippen molar-refractivity contribution in [2.24, 2.45) is 0 Å². The standard InChI is InChI=1S/C30H30N4O3/c35-28(36)12-5-4-10-23-20-25-21-24(13-14-26(25)32-29(23)22-8-2-1-3-9-22)30(37)34-18-16-33(17-19-34)27-11-6-7-15-31-27/h1-3,6-9,11,13-15,20-21H,4-5,10,12,16-19H2,(H,35,36). The molecular formula is C30H30N4O3. The van der Waals surface area contributed by atoms with E-state index in [9.17, 15) is 9.59 Å². The summed E-state index contributed by atoms with van der Waals surface area (Å²) in [5, 5.41) is 9.92. The minimum Gasteiger partial charge on any atom is -0.481 e. The molecular weight excluding hydrogens is 464 g/mol. The second-order valence-corrected chi connectivity index (χ2v) is 9.34. The number of nitrogens with zero attached hydrogens (tertiary/aromatic N) is 4. The molecule has 4 aromatic rings. The Labute approximate surface area is 216 Å². The summed E-state index contributed by atoms with van der Waals surface area (Å²) in [7, 11) is 0. The van der Waals surface area contributed by atoms with Crippen molar-refractivity contribution in [3.05, 3.63) is 90.1 Å². The topological polar surface area (TPSA) is 86.6 Å². The molecule has 7 nitrogen and oxygen atoms in total. The van der Waals surface area contributed by atoms with Crippen molar-refractivity contribution in [2.75, 3.05) is 31.1 Å². The summed E-state index contributed by atoms with van der Waals surface area (Å²) >= 11 is 0. The molecule has 37 heavy (non-hydrogen) atoms. The molecule has 0 aliphatic carbocycles. The van der Waals surface area contributed by atoms with Crippen molar-refractivity contribution >= 4 is 28.6 Å². The molecule has 0 spiro atoms. The number of carboxylic acid groups (broad SMARTS) is 1. The molecule has 0 radical (unpaired) electrons. The number of unbranched alkanes of at least 4 members (excludes halogenated alkanes) is 1. The molecule has 0 bridgehead atoms. The van der Waals surface area contributed by atoms with Crippen molar-refractivity contribution in [1.29, 1.82) is 0 Å². The van der Waals surface area contributed by atoms with Gasteiger partial charge < -0.3 is 14.9 Å². The van der Waals surface area contributed by atoms with Gasteiger partial charge in [-0.2, -0.15) is 0 Å². The Morgan fingerprint density at radius 2 is 1.65 bits per heavy atom. The van der Waals surface area contributed by atoms with E-state index in [1.807, 2.05) is 71.6 Å². The number of amides is 1. The summed E-state index contributed by atoms with van der Waals surface area (Å²) in [6, 6.07) is 23.8. The van der Waals surface area contributed by atoms with E-state index >= 15 is 0 Å². The zero-order chi connectivity index (χ0) is 25.6. The van der Waals surface area contributed by atoms with E-state index in [1.165, 1.54) is 0 Å². The van der Waals surface area contributed by atoms with Crippen LogP contribution < -0.4 is 4.90 Å². The van der Waals surface area contributed by atoms with Gasteiger partial charge in [0.25, 0.3) is 5.91 Å². The smallest absolute Gasteiger partial charge is 0.303 e. The second-order valence-electron chi connectivity index (χ2n) is 9.34. The number of aryl methyl sites for hydroxylation is 1. The van der Waals surface area contributed by atoms with Gasteiger partial charge in [0.1, 0.15) is 5.82 Å². The Balaban J connectivity index is 1.36. The van der Waals surface area contributed by atoms with Crippen LogP contribution in [0.1, 0.15) is 35.2 Å². The number of pyridine rings is 2. The number of rotatable bonds is 8. The third-order valence-electron chi connectivity index (χ3n) is 6.81. The number of carbonyl (C=O) groups is 2. The van der Waals surface area contributed by atoms with E-state index in [0.717, 1.165) is 59.5 Å². The van der Waals surface area contributed by atoms with Crippen LogP contribution in [0.25, 0.3) is 22.2 Å². The number of piperazine rings is 1. The summed E-state index contributed by atoms with van der Waals surface area (Å²) in [5.41, 5.74) is 4.50. The highest BCUT2D eigenvalue weighted by molar-refractivity contribution is 5.98. The van der Waals surface area contributed by atoms with E-state index in [-0.39, 0.29) is 12.3 Å². The predicted molar refractivity (Wildman–Crippen MR) is 145 cm³/mol. The maximum absolute atomic E-state index is 13.4. The van der Waals surface area contributed by atoms with E-state index in [0.29, 0.717) is 25.1 Å². The number of aliphatic carboxylic acids is 1. The van der Waals surface area contributed by atoms with Gasteiger partial charge >= 0.3 is 5.97 Å². The van der Waals surface area contributed by atoms with Gasteiger partial charge in [0, 0.05) is 55.3 Å². The van der Waals surface area contributed by atoms with Crippen molar-refractivity contribution in [3.63, 3.8) is 0 Å². The average molecular weight is 495 g/mol. The van der Waals surface area contributed by atoms with Crippen LogP contribution in [0.2, 0.25) is 0 Å². The minimum atomic E-state index is -0.774. The number of carboxylic acids is 1. The highest BCUT2D eigenvalue weighted by Crippen LogP contribution is 2.28. The summed E-state index contributed by atoms with van der Waals surface area (Å²) in [6.07, 6.45) is 4.06. The van der Waals surface area contributed by atoms with Crippen LogP contribution in [-0.2, 0) is 11.2 Å². The molecule has 2 aromatic carbocycles. The van der Waals surface area contributed by atoms with Crippen LogP contribution in [0.3, 0.4) is 0 Å². The molecule has 1 saturated heterocycles. The SMILES string of the molecule is O=C(O)CCCCc1cc2cc(C(=O)N3CCN(c4ccccn4)CC3)ccc2nc1-c1ccccc1. The van der Waals surface area contributed by atoms with Gasteiger partial charge in [-0.1, -0.05) is 36.4 Å². The van der Waals surface area contributed by atoms with Crippen molar-refractivity contribution in [3.8, 4) is 11.3 Å². The molecule has 188 valence electrons. The van der Waals surface area contributed by atoms with E-state index < -0.39 is 5.97 Å². The Bertz CT molecular complexity index is 1380. The number of hydrogen-bond donors (Lipinski definition) is 1. The number of benzene rings is 2. The van der Waals surface area contributed by atoms with Gasteiger partial charge in [0.15, 0.2) is 0 Å². The lowest BCUT2D eigenvalue weighted by Gasteiger charge is -2.35. The van der Waals surface area contributed by atoms with Crippen LogP contribution >= 0.6 is 0 Å². The normalized spacial score (nSPS) is 13.6. The van der Waals surface area contributed by atoms with Gasteiger partial charge in [0.2, 0.25) is 0 Å². The Morgan fingerprint density at radius 3 is 2.38 bits per heavy atom. The Morgan fingerprint density at radius 1 is 0.865 bits per heavy atom. The van der Waals surface area contributed by atoms with Gasteiger partial charge in [-0.25, -0.2) is 9.97 Å². The fraction of sp³-hybridized carbons (Fsp3) is 0.267. The lowest BCUT2D eigenvalue weighted by atomic mass is 9.98. The highest BCUT2D eigenvalue weighted by atomic mass is 16.4. The second kappa shape index (κ2) is 11.2. The molecule has 1 aliphatic rings. The summed E-state index contributed by atoms with van der Waals surface area (Å²) in [5.74, 6) is 0.193. The molecule has 1 N–H and O–H groups in total. The molecule has 1 amide bonds. The molecule has 1 fully saturated rings. The zero-order valence-electron chi connectivity index (χ0n) is 20.7. The highest BCUT2D eigenvalue weighted by Gasteiger charge is 2.23. The molecule has 0 atom stereocenters. The third kappa shape index (κ3) is 5.77. The van der Waals surface area contributed by atoms with Gasteiger partial charge in [-0.05, 0) is 61.2 Å². The molecule has 1 aliphatic heterocycles. The number of hydrogen-bond acceptors (Lipinski definition) is 5. The van der Waals surface area contributed by atoms with E-state index in [1.54, 1.807) is 6.20 Å². The molecule has 0 unspecified atom stereocenters. The van der Waals surface area contributed by atoms with Gasteiger partial charge in [0.05, 0.1) is 11.2 Å². The molecule has 0 saturated carbocycles. The monoisotopic (exact) mass is 494 g/mol. The van der Waals surface area contributed by atoms with E-state index in [4.69, 9.17) is 10.1 Å². The Hall–Kier alpha value is -4.26. The van der Waals surface area contributed by atoms with Crippen LogP contribution in [0, 0.1) is 0 Å². The van der Waals surface area contributed by atoms with Crippen molar-refractivity contribution in [1.82, 2.24) is 14.9 Å². The largest absolute Gasteiger partial charge is 0.481 e. The maximum Gasteiger partial charge on any atom is 0.303 e. The molecule has 2 aromatic heterocycles. The quantitative estimate of drug-likeness (QED) is 0.345. The van der Waals surface area contributed by atoms with Crippen molar-refractivity contribution in [2.45, 2.75) is 25.7 Å². The third-order valence-corrected chi connectivity index (χ3v) is 6.81. The lowest BCUT2D eigenvalue weighted by Crippen LogP contribution is -2.49. The van der Waals surface area contributed by atoms with Crippen molar-refractivity contribution < 1.29 is 14.7 Å². The zero-order valence-corrected chi connectivity index (χ0v) is 20.7. The first-order chi connectivity index (χ1) is 18.1. The molecule has 3 heterocycles. The van der Waals surface area contributed by atoms with E-state index in [2.05, 4.69) is 16.0 Å². The number of carbonyl (C=O) groups excluding carboxylic acids is 1. The fourth-order valence-electron chi connectivity index (χ4n) is 4.84. The number of fused-ring (bicyclic) bond motifs is 1. The molecule has 5 rings (SSSR count). The number of anilines is 1. The Kier molecular flexibility index (Phi) is 7.40. The minimum absolute atomic E-state index is 0.0257. The van der Waals surface area contributed by atoms with Crippen LogP contribution in [0.15, 0.2) is 79.0 Å². The van der Waals surface area contributed by atoms with Gasteiger partial charge in [-0.3, -0.25) is 9.59 Å². The lowest BCUT2D eigenvalue weighted by molar-refractivity contribution is -0.137. The van der Waals surface area contributed by atoms with Crippen LogP contribution in [0.5, 0.6) is 0 Å². The first-order valence-electron chi connectivity index (χ1n) is 12.7. The fourth-order valence-corrected chi connectivity index (χ4v) is 4.84. The van der Waals surface area contributed by atoms with Crippen LogP contribution in [-0.4, -0.2) is 58.0 Å². The first kappa shape index (κ1) is 24.4. The summed E-state index contributed by atoms with van der Waals surface area (Å²) in [4.78, 5) is 37.8. The van der Waals surface area contributed by atoms with Gasteiger partial charge in [-0.15, -0.1) is 0 Å². The average Bonchev–Trinajstić information content (AvgIpc) is 2.95. The molecule has 7 heteroatoms. The predicted octanol–water partition coefficient (Wildman–Crippen LogP) is 5.06.